The van der Waals surface area contributed by atoms with Crippen molar-refractivity contribution in [2.75, 3.05) is 52.6 Å². The number of likely N-dealkylation sites (tertiary alicyclic amines) is 2. The number of ether oxygens (including phenoxy) is 1. The van der Waals surface area contributed by atoms with E-state index in [1.165, 1.54) is 31.4 Å². The second-order valence-electron chi connectivity index (χ2n) is 11.5. The molecule has 2 aliphatic rings. The van der Waals surface area contributed by atoms with E-state index in [1.54, 1.807) is 39.8 Å². The number of halogens is 2. The van der Waals surface area contributed by atoms with E-state index in [1.807, 2.05) is 0 Å². The molecule has 1 N–H and O–H groups in total. The minimum Gasteiger partial charge on any atom is -0.485 e. The van der Waals surface area contributed by atoms with Gasteiger partial charge in [0, 0.05) is 37.8 Å². The van der Waals surface area contributed by atoms with E-state index < -0.39 is 30.7 Å². The van der Waals surface area contributed by atoms with Crippen LogP contribution in [0, 0.1) is 0 Å². The maximum absolute atomic E-state index is 13.9. The van der Waals surface area contributed by atoms with Gasteiger partial charge < -0.3 is 19.9 Å². The number of aromatic nitrogens is 2. The zero-order valence-electron chi connectivity index (χ0n) is 24.8. The first-order valence-corrected chi connectivity index (χ1v) is 15.3. The molecular formula is C32H39F2N5O5. The van der Waals surface area contributed by atoms with Crippen LogP contribution in [0.25, 0.3) is 10.9 Å². The van der Waals surface area contributed by atoms with Gasteiger partial charge in [0.05, 0.1) is 17.4 Å². The summed E-state index contributed by atoms with van der Waals surface area (Å²) in [6, 6.07) is 11.0. The number of fused-ring (bicyclic) bond motifs is 1. The zero-order chi connectivity index (χ0) is 31.1. The third-order valence-corrected chi connectivity index (χ3v) is 8.52. The van der Waals surface area contributed by atoms with E-state index in [4.69, 9.17) is 4.74 Å². The number of carbonyl (C=O) groups excluding carboxylic acids is 2. The van der Waals surface area contributed by atoms with Gasteiger partial charge in [-0.1, -0.05) is 18.6 Å². The Morgan fingerprint density at radius 1 is 0.977 bits per heavy atom. The zero-order valence-corrected chi connectivity index (χ0v) is 24.8. The second kappa shape index (κ2) is 14.6. The number of nitrogens with one attached hydrogen (secondary N) is 1. The molecule has 5 rings (SSSR count). The maximum atomic E-state index is 13.9. The van der Waals surface area contributed by atoms with Crippen molar-refractivity contribution in [2.45, 2.75) is 50.8 Å². The summed E-state index contributed by atoms with van der Waals surface area (Å²) in [5.41, 5.74) is 0.466. The van der Waals surface area contributed by atoms with Crippen LogP contribution in [0.15, 0.2) is 52.1 Å². The number of hydrogen-bond donors (Lipinski definition) is 1. The lowest BCUT2D eigenvalue weighted by Crippen LogP contribution is -2.44. The molecule has 0 bridgehead atoms. The molecule has 2 amide bonds. The molecule has 2 fully saturated rings. The molecule has 3 heterocycles. The highest BCUT2D eigenvalue weighted by atomic mass is 19.1. The third kappa shape index (κ3) is 7.18. The summed E-state index contributed by atoms with van der Waals surface area (Å²) in [4.78, 5) is 55.6. The summed E-state index contributed by atoms with van der Waals surface area (Å²) in [7, 11) is 0. The third-order valence-electron chi connectivity index (χ3n) is 8.52. The Bertz CT molecular complexity index is 1560. The molecule has 3 aromatic rings. The molecule has 2 aliphatic heterocycles. The molecule has 2 aromatic carbocycles. The Balaban J connectivity index is 1.40. The molecule has 0 spiro atoms. The Kier molecular flexibility index (Phi) is 10.4. The van der Waals surface area contributed by atoms with E-state index >= 15 is 0 Å². The molecule has 0 radical (unpaired) electrons. The molecule has 0 atom stereocenters. The monoisotopic (exact) mass is 611 g/mol. The van der Waals surface area contributed by atoms with Crippen LogP contribution in [0.5, 0.6) is 5.75 Å². The van der Waals surface area contributed by atoms with E-state index in [9.17, 15) is 28.0 Å². The van der Waals surface area contributed by atoms with Gasteiger partial charge in [0.25, 0.3) is 11.5 Å². The van der Waals surface area contributed by atoms with Crippen molar-refractivity contribution in [3.8, 4) is 5.75 Å². The topological polar surface area (TPSA) is 106 Å². The number of carbonyl (C=O) groups is 2. The maximum Gasteiger partial charge on any atom is 0.332 e. The summed E-state index contributed by atoms with van der Waals surface area (Å²) in [6.45, 7) is 2.33. The molecule has 44 heavy (non-hydrogen) atoms. The first-order chi connectivity index (χ1) is 21.4. The molecule has 2 saturated heterocycles. The number of rotatable bonds is 12. The first-order valence-electron chi connectivity index (χ1n) is 15.3. The SMILES string of the molecule is O=CN1CCC(n2c(=O)n(Cc3ccc(C(=O)NCCN4CCCCC4)cc3)c(=O)c3cc(OC(CF)CF)ccc32)CC1. The fourth-order valence-electron chi connectivity index (χ4n) is 6.03. The second-order valence-corrected chi connectivity index (χ2v) is 11.5. The molecule has 1 aromatic heterocycles. The van der Waals surface area contributed by atoms with Crippen LogP contribution in [0.3, 0.4) is 0 Å². The average molecular weight is 612 g/mol. The minimum absolute atomic E-state index is 0.0414. The minimum atomic E-state index is -1.30. The first kappa shape index (κ1) is 31.4. The predicted octanol–water partition coefficient (Wildman–Crippen LogP) is 2.91. The van der Waals surface area contributed by atoms with E-state index in [-0.39, 0.29) is 29.6 Å². The average Bonchev–Trinajstić information content (AvgIpc) is 3.06. The summed E-state index contributed by atoms with van der Waals surface area (Å²) >= 11 is 0. The molecule has 0 saturated carbocycles. The van der Waals surface area contributed by atoms with Gasteiger partial charge in [0.15, 0.2) is 6.10 Å². The van der Waals surface area contributed by atoms with Gasteiger partial charge in [-0.25, -0.2) is 13.6 Å². The Hall–Kier alpha value is -4.06. The van der Waals surface area contributed by atoms with Crippen LogP contribution in [0.4, 0.5) is 8.78 Å². The lowest BCUT2D eigenvalue weighted by atomic mass is 10.0. The Labute approximate surface area is 254 Å². The van der Waals surface area contributed by atoms with E-state index in [2.05, 4.69) is 10.2 Å². The van der Waals surface area contributed by atoms with Crippen LogP contribution < -0.4 is 21.3 Å². The highest BCUT2D eigenvalue weighted by Crippen LogP contribution is 2.26. The summed E-state index contributed by atoms with van der Waals surface area (Å²) < 4.78 is 34.4. The van der Waals surface area contributed by atoms with Gasteiger partial charge in [-0.3, -0.25) is 23.5 Å². The quantitative estimate of drug-likeness (QED) is 0.316. The smallest absolute Gasteiger partial charge is 0.332 e. The Morgan fingerprint density at radius 2 is 1.68 bits per heavy atom. The fourth-order valence-corrected chi connectivity index (χ4v) is 6.03. The van der Waals surface area contributed by atoms with Crippen LogP contribution in [-0.2, 0) is 11.3 Å². The number of hydrogen-bond acceptors (Lipinski definition) is 6. The van der Waals surface area contributed by atoms with Gasteiger partial charge in [-0.2, -0.15) is 0 Å². The standard InChI is InChI=1S/C32H39F2N5O5/c33-19-27(20-34)44-26-8-9-29-28(18-26)31(42)38(32(43)39(29)25-10-15-37(22-40)16-11-25)21-23-4-6-24(7-5-23)30(41)35-12-17-36-13-2-1-3-14-36/h4-9,18,22,25,27H,1-3,10-17,19-21H2,(H,35,41). The Morgan fingerprint density at radius 3 is 2.34 bits per heavy atom. The molecule has 10 nitrogen and oxygen atoms in total. The lowest BCUT2D eigenvalue weighted by Gasteiger charge is -2.31. The molecule has 0 unspecified atom stereocenters. The van der Waals surface area contributed by atoms with Crippen molar-refractivity contribution in [3.05, 3.63) is 74.4 Å². The van der Waals surface area contributed by atoms with Gasteiger partial charge in [0.1, 0.15) is 19.1 Å². The van der Waals surface area contributed by atoms with E-state index in [0.29, 0.717) is 49.1 Å². The number of amides is 2. The van der Waals surface area contributed by atoms with Crippen molar-refractivity contribution in [2.24, 2.45) is 0 Å². The van der Waals surface area contributed by atoms with E-state index in [0.717, 1.165) is 30.6 Å². The fraction of sp³-hybridized carbons (Fsp3) is 0.500. The van der Waals surface area contributed by atoms with Crippen molar-refractivity contribution >= 4 is 23.2 Å². The lowest BCUT2D eigenvalue weighted by molar-refractivity contribution is -0.119. The number of piperidine rings is 2. The molecule has 236 valence electrons. The predicted molar refractivity (Wildman–Crippen MR) is 163 cm³/mol. The van der Waals surface area contributed by atoms with Gasteiger partial charge in [0.2, 0.25) is 6.41 Å². The summed E-state index contributed by atoms with van der Waals surface area (Å²) in [5.74, 6) is -0.0640. The summed E-state index contributed by atoms with van der Waals surface area (Å²) in [6.07, 6.45) is 4.17. The van der Waals surface area contributed by atoms with Crippen molar-refractivity contribution < 1.29 is 23.1 Å². The van der Waals surface area contributed by atoms with Crippen LogP contribution in [-0.4, -0.2) is 90.0 Å². The normalized spacial score (nSPS) is 16.4. The van der Waals surface area contributed by atoms with Crippen LogP contribution in [0.2, 0.25) is 0 Å². The van der Waals surface area contributed by atoms with Crippen LogP contribution in [0.1, 0.15) is 54.1 Å². The van der Waals surface area contributed by atoms with Crippen molar-refractivity contribution in [3.63, 3.8) is 0 Å². The largest absolute Gasteiger partial charge is 0.485 e. The van der Waals surface area contributed by atoms with Crippen molar-refractivity contribution in [1.29, 1.82) is 0 Å². The molecule has 12 heteroatoms. The van der Waals surface area contributed by atoms with Gasteiger partial charge >= 0.3 is 5.69 Å². The number of benzene rings is 2. The molecular weight excluding hydrogens is 572 g/mol. The highest BCUT2D eigenvalue weighted by Gasteiger charge is 2.25. The van der Waals surface area contributed by atoms with Gasteiger partial charge in [-0.15, -0.1) is 0 Å². The number of nitrogens with zero attached hydrogens (tertiary/aromatic N) is 4. The van der Waals surface area contributed by atoms with Crippen LogP contribution >= 0.6 is 0 Å². The van der Waals surface area contributed by atoms with Crippen molar-refractivity contribution in [1.82, 2.24) is 24.3 Å². The summed E-state index contributed by atoms with van der Waals surface area (Å²) in [5, 5.41) is 3.14. The van der Waals surface area contributed by atoms with Gasteiger partial charge in [-0.05, 0) is 74.7 Å². The number of alkyl halides is 2. The highest BCUT2D eigenvalue weighted by molar-refractivity contribution is 5.94. The molecule has 0 aliphatic carbocycles.